The third-order valence-corrected chi connectivity index (χ3v) is 6.11. The highest BCUT2D eigenvalue weighted by Crippen LogP contribution is 2.36. The molecule has 184 valence electrons. The van der Waals surface area contributed by atoms with Crippen LogP contribution in [0.3, 0.4) is 0 Å². The van der Waals surface area contributed by atoms with E-state index in [0.29, 0.717) is 31.0 Å². The monoisotopic (exact) mass is 476 g/mol. The first-order valence-electron chi connectivity index (χ1n) is 12.2. The minimum Gasteiger partial charge on any atom is -0.493 e. The fourth-order valence-corrected chi connectivity index (χ4v) is 4.49. The van der Waals surface area contributed by atoms with Crippen LogP contribution in [0.15, 0.2) is 42.5 Å². The Kier molecular flexibility index (Phi) is 8.24. The van der Waals surface area contributed by atoms with E-state index < -0.39 is 6.09 Å². The Morgan fingerprint density at radius 3 is 2.74 bits per heavy atom. The van der Waals surface area contributed by atoms with Gasteiger partial charge in [-0.05, 0) is 44.5 Å². The average Bonchev–Trinajstić information content (AvgIpc) is 3.20. The molecule has 0 atom stereocenters. The van der Waals surface area contributed by atoms with Crippen LogP contribution in [0.5, 0.6) is 5.75 Å². The number of nitrogens with one attached hydrogen (secondary N) is 1. The Balaban J connectivity index is 1.57. The first-order chi connectivity index (χ1) is 17.1. The summed E-state index contributed by atoms with van der Waals surface area (Å²) in [6.45, 7) is 9.99. The molecule has 0 saturated carbocycles. The molecule has 8 heteroatoms. The van der Waals surface area contributed by atoms with Gasteiger partial charge in [0.1, 0.15) is 11.8 Å². The molecule has 1 aliphatic heterocycles. The molecule has 4 rings (SSSR count). The summed E-state index contributed by atoms with van der Waals surface area (Å²) in [4.78, 5) is 14.3. The summed E-state index contributed by atoms with van der Waals surface area (Å²) in [7, 11) is 0. The lowest BCUT2D eigenvalue weighted by atomic mass is 10.1. The van der Waals surface area contributed by atoms with Gasteiger partial charge in [0.2, 0.25) is 0 Å². The molecular weight excluding hydrogens is 444 g/mol. The van der Waals surface area contributed by atoms with Gasteiger partial charge in [-0.1, -0.05) is 12.1 Å². The molecule has 0 radical (unpaired) electrons. The van der Waals surface area contributed by atoms with E-state index in [-0.39, 0.29) is 0 Å². The molecule has 0 bridgehead atoms. The third-order valence-electron chi connectivity index (χ3n) is 6.11. The van der Waals surface area contributed by atoms with Gasteiger partial charge in [0.15, 0.2) is 0 Å². The van der Waals surface area contributed by atoms with Gasteiger partial charge >= 0.3 is 6.09 Å². The zero-order valence-corrected chi connectivity index (χ0v) is 20.4. The van der Waals surface area contributed by atoms with Crippen LogP contribution >= 0.6 is 0 Å². The second-order valence-electron chi connectivity index (χ2n) is 8.34. The standard InChI is InChI=1S/C27H32N4O4/c1-3-31-25-18-22(35-14-6-11-30-12-15-33-16-13-30)9-10-23(25)24(19-28)26(31)20-7-5-8-21(17-20)29-27(32)34-4-2/h5,7-10,17-18H,3-4,6,11-16H2,1-2H3,(H,29,32). The molecule has 1 N–H and O–H groups in total. The molecule has 1 aliphatic rings. The molecule has 1 amide bonds. The van der Waals surface area contributed by atoms with E-state index >= 15 is 0 Å². The number of hydrogen-bond acceptors (Lipinski definition) is 6. The number of carbonyl (C=O) groups is 1. The summed E-state index contributed by atoms with van der Waals surface area (Å²) in [6, 6.07) is 15.8. The summed E-state index contributed by atoms with van der Waals surface area (Å²) in [5, 5.41) is 13.7. The van der Waals surface area contributed by atoms with Gasteiger partial charge in [-0.2, -0.15) is 5.26 Å². The number of morpholine rings is 1. The number of nitrogens with zero attached hydrogens (tertiary/aromatic N) is 3. The summed E-state index contributed by atoms with van der Waals surface area (Å²) in [5.41, 5.74) is 3.84. The molecule has 0 spiro atoms. The molecule has 1 fully saturated rings. The SMILES string of the molecule is CCOC(=O)Nc1cccc(-c2c(C#N)c3ccc(OCCCN4CCOCC4)cc3n2CC)c1. The van der Waals surface area contributed by atoms with Crippen molar-refractivity contribution in [1.29, 1.82) is 5.26 Å². The Morgan fingerprint density at radius 2 is 2.00 bits per heavy atom. The first kappa shape index (κ1) is 24.6. The number of amides is 1. The maximum atomic E-state index is 11.9. The molecule has 35 heavy (non-hydrogen) atoms. The summed E-state index contributed by atoms with van der Waals surface area (Å²) >= 11 is 0. The van der Waals surface area contributed by atoms with Crippen molar-refractivity contribution in [3.8, 4) is 23.1 Å². The highest BCUT2D eigenvalue weighted by atomic mass is 16.5. The van der Waals surface area contributed by atoms with Crippen LogP contribution in [-0.2, 0) is 16.0 Å². The van der Waals surface area contributed by atoms with Gasteiger partial charge in [0.05, 0.1) is 43.2 Å². The maximum Gasteiger partial charge on any atom is 0.411 e. The molecule has 2 aromatic carbocycles. The van der Waals surface area contributed by atoms with Gasteiger partial charge in [-0.15, -0.1) is 0 Å². The predicted octanol–water partition coefficient (Wildman–Crippen LogP) is 4.87. The van der Waals surface area contributed by atoms with Crippen LogP contribution in [0.2, 0.25) is 0 Å². The summed E-state index contributed by atoms with van der Waals surface area (Å²) in [6.07, 6.45) is 0.443. The first-order valence-corrected chi connectivity index (χ1v) is 12.2. The van der Waals surface area contributed by atoms with Crippen molar-refractivity contribution in [1.82, 2.24) is 9.47 Å². The van der Waals surface area contributed by atoms with E-state index in [4.69, 9.17) is 14.2 Å². The van der Waals surface area contributed by atoms with E-state index in [9.17, 15) is 10.1 Å². The van der Waals surface area contributed by atoms with Crippen molar-refractivity contribution in [2.24, 2.45) is 0 Å². The number of benzene rings is 2. The zero-order valence-electron chi connectivity index (χ0n) is 20.4. The molecule has 2 heterocycles. The Morgan fingerprint density at radius 1 is 1.17 bits per heavy atom. The zero-order chi connectivity index (χ0) is 24.6. The van der Waals surface area contributed by atoms with Crippen molar-refractivity contribution in [2.75, 3.05) is 51.4 Å². The topological polar surface area (TPSA) is 88.8 Å². The van der Waals surface area contributed by atoms with Crippen LogP contribution in [0.25, 0.3) is 22.2 Å². The summed E-state index contributed by atoms with van der Waals surface area (Å²) < 4.78 is 18.6. The fraction of sp³-hybridized carbons (Fsp3) is 0.407. The van der Waals surface area contributed by atoms with Crippen molar-refractivity contribution >= 4 is 22.7 Å². The van der Waals surface area contributed by atoms with Crippen LogP contribution in [0.4, 0.5) is 10.5 Å². The smallest absolute Gasteiger partial charge is 0.411 e. The van der Waals surface area contributed by atoms with Gasteiger partial charge in [-0.25, -0.2) is 4.79 Å². The molecule has 1 aromatic heterocycles. The third kappa shape index (κ3) is 5.76. The van der Waals surface area contributed by atoms with Crippen LogP contribution < -0.4 is 10.1 Å². The minimum absolute atomic E-state index is 0.297. The van der Waals surface area contributed by atoms with E-state index in [1.807, 2.05) is 36.4 Å². The van der Waals surface area contributed by atoms with Gasteiger partial charge in [0, 0.05) is 48.9 Å². The fourth-order valence-electron chi connectivity index (χ4n) is 4.49. The van der Waals surface area contributed by atoms with E-state index in [2.05, 4.69) is 27.8 Å². The average molecular weight is 477 g/mol. The Bertz CT molecular complexity index is 1210. The number of nitriles is 1. The van der Waals surface area contributed by atoms with Crippen molar-refractivity contribution in [3.05, 3.63) is 48.0 Å². The van der Waals surface area contributed by atoms with Gasteiger partial charge in [0.25, 0.3) is 0 Å². The predicted molar refractivity (Wildman–Crippen MR) is 136 cm³/mol. The second kappa shape index (κ2) is 11.7. The second-order valence-corrected chi connectivity index (χ2v) is 8.34. The highest BCUT2D eigenvalue weighted by Gasteiger charge is 2.19. The number of rotatable bonds is 9. The Hall–Kier alpha value is -3.54. The largest absolute Gasteiger partial charge is 0.493 e. The van der Waals surface area contributed by atoms with E-state index in [0.717, 1.165) is 67.2 Å². The number of ether oxygens (including phenoxy) is 3. The number of aryl methyl sites for hydroxylation is 1. The number of aromatic nitrogens is 1. The molecule has 1 saturated heterocycles. The lowest BCUT2D eigenvalue weighted by Crippen LogP contribution is -2.37. The van der Waals surface area contributed by atoms with E-state index in [1.165, 1.54) is 0 Å². The van der Waals surface area contributed by atoms with Crippen molar-refractivity contribution in [2.45, 2.75) is 26.8 Å². The molecule has 0 aliphatic carbocycles. The lowest BCUT2D eigenvalue weighted by molar-refractivity contribution is 0.0358. The lowest BCUT2D eigenvalue weighted by Gasteiger charge is -2.26. The number of anilines is 1. The van der Waals surface area contributed by atoms with Crippen LogP contribution in [0.1, 0.15) is 25.8 Å². The number of hydrogen-bond donors (Lipinski definition) is 1. The molecule has 3 aromatic rings. The molecular formula is C27H32N4O4. The van der Waals surface area contributed by atoms with Gasteiger partial charge in [-0.3, -0.25) is 10.2 Å². The normalized spacial score (nSPS) is 14.0. The highest BCUT2D eigenvalue weighted by molar-refractivity contribution is 5.96. The Labute approximate surface area is 206 Å². The van der Waals surface area contributed by atoms with Crippen molar-refractivity contribution in [3.63, 3.8) is 0 Å². The quantitative estimate of drug-likeness (QED) is 0.443. The van der Waals surface area contributed by atoms with E-state index in [1.54, 1.807) is 13.0 Å². The minimum atomic E-state index is -0.503. The van der Waals surface area contributed by atoms with Crippen LogP contribution in [0, 0.1) is 11.3 Å². The van der Waals surface area contributed by atoms with Crippen molar-refractivity contribution < 1.29 is 19.0 Å². The van der Waals surface area contributed by atoms with Crippen LogP contribution in [-0.4, -0.2) is 61.6 Å². The number of fused-ring (bicyclic) bond motifs is 1. The summed E-state index contributed by atoms with van der Waals surface area (Å²) in [5.74, 6) is 0.792. The number of carbonyl (C=O) groups excluding carboxylic acids is 1. The van der Waals surface area contributed by atoms with Gasteiger partial charge < -0.3 is 18.8 Å². The molecule has 0 unspecified atom stereocenters. The maximum absolute atomic E-state index is 11.9. The molecule has 8 nitrogen and oxygen atoms in total.